The van der Waals surface area contributed by atoms with Crippen LogP contribution in [0.2, 0.25) is 0 Å². The molecule has 0 atom stereocenters. The van der Waals surface area contributed by atoms with Gasteiger partial charge in [-0.05, 0) is 60.1 Å². The van der Waals surface area contributed by atoms with Gasteiger partial charge < -0.3 is 0 Å². The number of pyridine rings is 1. The Balaban J connectivity index is 2.06. The van der Waals surface area contributed by atoms with Crippen LogP contribution in [0.25, 0.3) is 22.2 Å². The van der Waals surface area contributed by atoms with Crippen molar-refractivity contribution in [3.8, 4) is 11.3 Å². The van der Waals surface area contributed by atoms with Crippen LogP contribution in [0, 0.1) is 11.8 Å². The first-order valence-corrected chi connectivity index (χ1v) is 9.00. The Hall–Kier alpha value is -2.15. The molecule has 0 aliphatic carbocycles. The SMILES string of the molecule is CC(C)Cc1cc(CC(C)C)cc(-c2ccc3ccccc3n2)c1. The number of nitrogens with zero attached hydrogens (tertiary/aromatic N) is 1. The summed E-state index contributed by atoms with van der Waals surface area (Å²) in [4.78, 5) is 4.89. The lowest BCUT2D eigenvalue weighted by Crippen LogP contribution is -2.00. The van der Waals surface area contributed by atoms with Gasteiger partial charge in [0.05, 0.1) is 11.2 Å². The Labute approximate surface area is 145 Å². The molecule has 2 aromatic carbocycles. The first kappa shape index (κ1) is 16.7. The van der Waals surface area contributed by atoms with Crippen LogP contribution in [0.15, 0.2) is 54.6 Å². The molecule has 0 amide bonds. The fourth-order valence-electron chi connectivity index (χ4n) is 3.32. The molecule has 1 heterocycles. The van der Waals surface area contributed by atoms with E-state index in [2.05, 4.69) is 82.3 Å². The molecule has 1 heteroatoms. The second kappa shape index (κ2) is 7.17. The fraction of sp³-hybridized carbons (Fsp3) is 0.348. The summed E-state index contributed by atoms with van der Waals surface area (Å²) < 4.78 is 0. The van der Waals surface area contributed by atoms with E-state index >= 15 is 0 Å². The third-order valence-electron chi connectivity index (χ3n) is 4.23. The summed E-state index contributed by atoms with van der Waals surface area (Å²) in [5.74, 6) is 1.33. The summed E-state index contributed by atoms with van der Waals surface area (Å²) >= 11 is 0. The van der Waals surface area contributed by atoms with Gasteiger partial charge in [0.1, 0.15) is 0 Å². The number of hydrogen-bond donors (Lipinski definition) is 0. The van der Waals surface area contributed by atoms with Crippen molar-refractivity contribution >= 4 is 10.9 Å². The van der Waals surface area contributed by atoms with E-state index in [0.29, 0.717) is 11.8 Å². The summed E-state index contributed by atoms with van der Waals surface area (Å²) in [5, 5.41) is 1.20. The minimum absolute atomic E-state index is 0.664. The van der Waals surface area contributed by atoms with Gasteiger partial charge in [-0.15, -0.1) is 0 Å². The molecule has 0 N–H and O–H groups in total. The van der Waals surface area contributed by atoms with E-state index in [0.717, 1.165) is 24.1 Å². The van der Waals surface area contributed by atoms with Crippen molar-refractivity contribution < 1.29 is 0 Å². The highest BCUT2D eigenvalue weighted by atomic mass is 14.7. The monoisotopic (exact) mass is 317 g/mol. The molecule has 0 unspecified atom stereocenters. The van der Waals surface area contributed by atoms with Gasteiger partial charge in [0, 0.05) is 10.9 Å². The Morgan fingerprint density at radius 2 is 1.38 bits per heavy atom. The van der Waals surface area contributed by atoms with Crippen LogP contribution in [0.1, 0.15) is 38.8 Å². The van der Waals surface area contributed by atoms with E-state index < -0.39 is 0 Å². The first-order valence-electron chi connectivity index (χ1n) is 9.00. The maximum Gasteiger partial charge on any atom is 0.0709 e. The zero-order chi connectivity index (χ0) is 17.1. The Kier molecular flexibility index (Phi) is 4.99. The zero-order valence-electron chi connectivity index (χ0n) is 15.2. The number of aromatic nitrogens is 1. The molecule has 0 aliphatic rings. The minimum atomic E-state index is 0.664. The van der Waals surface area contributed by atoms with Crippen molar-refractivity contribution in [1.29, 1.82) is 0 Å². The summed E-state index contributed by atoms with van der Waals surface area (Å²) in [6, 6.07) is 19.7. The molecule has 3 rings (SSSR count). The highest BCUT2D eigenvalue weighted by Gasteiger charge is 2.08. The topological polar surface area (TPSA) is 12.9 Å². The number of rotatable bonds is 5. The van der Waals surface area contributed by atoms with Crippen LogP contribution in [-0.2, 0) is 12.8 Å². The third-order valence-corrected chi connectivity index (χ3v) is 4.23. The number of benzene rings is 2. The van der Waals surface area contributed by atoms with E-state index in [1.165, 1.54) is 22.1 Å². The summed E-state index contributed by atoms with van der Waals surface area (Å²) in [6.45, 7) is 9.12. The molecule has 0 spiro atoms. The predicted molar refractivity (Wildman–Crippen MR) is 104 cm³/mol. The largest absolute Gasteiger partial charge is 0.248 e. The molecule has 0 aliphatic heterocycles. The van der Waals surface area contributed by atoms with Crippen LogP contribution >= 0.6 is 0 Å². The maximum atomic E-state index is 4.89. The molecule has 1 aromatic heterocycles. The molecule has 0 bridgehead atoms. The molecule has 0 fully saturated rings. The molecular formula is C23H27N. The third kappa shape index (κ3) is 4.03. The van der Waals surface area contributed by atoms with Gasteiger partial charge in [-0.25, -0.2) is 4.98 Å². The number of hydrogen-bond acceptors (Lipinski definition) is 1. The fourth-order valence-corrected chi connectivity index (χ4v) is 3.32. The molecule has 0 saturated heterocycles. The second-order valence-corrected chi connectivity index (χ2v) is 7.62. The summed E-state index contributed by atoms with van der Waals surface area (Å²) in [7, 11) is 0. The standard InChI is InChI=1S/C23H27N/c1-16(2)11-18-13-19(12-17(3)4)15-21(14-18)23-10-9-20-7-5-6-8-22(20)24-23/h5-10,13-17H,11-12H2,1-4H3. The van der Waals surface area contributed by atoms with E-state index in [4.69, 9.17) is 4.98 Å². The van der Waals surface area contributed by atoms with Gasteiger partial charge >= 0.3 is 0 Å². The van der Waals surface area contributed by atoms with Crippen molar-refractivity contribution in [3.05, 3.63) is 65.7 Å². The number of para-hydroxylation sites is 1. The van der Waals surface area contributed by atoms with Gasteiger partial charge in [-0.2, -0.15) is 0 Å². The normalized spacial score (nSPS) is 11.6. The molecule has 1 nitrogen and oxygen atoms in total. The Morgan fingerprint density at radius 1 is 0.750 bits per heavy atom. The lowest BCUT2D eigenvalue weighted by atomic mass is 9.93. The molecule has 0 saturated carbocycles. The van der Waals surface area contributed by atoms with Crippen molar-refractivity contribution in [2.24, 2.45) is 11.8 Å². The van der Waals surface area contributed by atoms with Crippen molar-refractivity contribution in [2.45, 2.75) is 40.5 Å². The zero-order valence-corrected chi connectivity index (χ0v) is 15.2. The van der Waals surface area contributed by atoms with Gasteiger partial charge in [-0.1, -0.05) is 58.0 Å². The number of fused-ring (bicyclic) bond motifs is 1. The average Bonchev–Trinajstić information content (AvgIpc) is 2.53. The Morgan fingerprint density at radius 3 is 2.00 bits per heavy atom. The average molecular weight is 317 g/mol. The summed E-state index contributed by atoms with van der Waals surface area (Å²) in [6.07, 6.45) is 2.24. The van der Waals surface area contributed by atoms with Gasteiger partial charge in [0.15, 0.2) is 0 Å². The molecule has 24 heavy (non-hydrogen) atoms. The van der Waals surface area contributed by atoms with Gasteiger partial charge in [-0.3, -0.25) is 0 Å². The maximum absolute atomic E-state index is 4.89. The van der Waals surface area contributed by atoms with E-state index in [-0.39, 0.29) is 0 Å². The van der Waals surface area contributed by atoms with E-state index in [1.54, 1.807) is 0 Å². The quantitative estimate of drug-likeness (QED) is 0.538. The molecule has 3 aromatic rings. The van der Waals surface area contributed by atoms with E-state index in [1.807, 2.05) is 0 Å². The van der Waals surface area contributed by atoms with Crippen molar-refractivity contribution in [2.75, 3.05) is 0 Å². The van der Waals surface area contributed by atoms with E-state index in [9.17, 15) is 0 Å². The Bertz CT molecular complexity index is 802. The molecule has 0 radical (unpaired) electrons. The van der Waals surface area contributed by atoms with Crippen LogP contribution < -0.4 is 0 Å². The second-order valence-electron chi connectivity index (χ2n) is 7.62. The van der Waals surface area contributed by atoms with Crippen molar-refractivity contribution in [3.63, 3.8) is 0 Å². The van der Waals surface area contributed by atoms with Crippen molar-refractivity contribution in [1.82, 2.24) is 4.98 Å². The molecule has 124 valence electrons. The van der Waals surface area contributed by atoms with Crippen LogP contribution in [0.5, 0.6) is 0 Å². The van der Waals surface area contributed by atoms with Gasteiger partial charge in [0.2, 0.25) is 0 Å². The van der Waals surface area contributed by atoms with Gasteiger partial charge in [0.25, 0.3) is 0 Å². The minimum Gasteiger partial charge on any atom is -0.248 e. The van der Waals surface area contributed by atoms with Crippen LogP contribution in [-0.4, -0.2) is 4.98 Å². The lowest BCUT2D eigenvalue weighted by Gasteiger charge is -2.13. The molecular weight excluding hydrogens is 290 g/mol. The highest BCUT2D eigenvalue weighted by molar-refractivity contribution is 5.81. The lowest BCUT2D eigenvalue weighted by molar-refractivity contribution is 0.636. The van der Waals surface area contributed by atoms with Crippen LogP contribution in [0.3, 0.4) is 0 Å². The smallest absolute Gasteiger partial charge is 0.0709 e. The predicted octanol–water partition coefficient (Wildman–Crippen LogP) is 6.30. The first-order chi connectivity index (χ1) is 11.5. The summed E-state index contributed by atoms with van der Waals surface area (Å²) in [5.41, 5.74) is 6.23. The highest BCUT2D eigenvalue weighted by Crippen LogP contribution is 2.26. The van der Waals surface area contributed by atoms with Crippen LogP contribution in [0.4, 0.5) is 0 Å².